The molecule has 5 heteroatoms. The van der Waals surface area contributed by atoms with Crippen molar-refractivity contribution in [2.24, 2.45) is 0 Å². The van der Waals surface area contributed by atoms with Crippen molar-refractivity contribution in [1.29, 1.82) is 0 Å². The third kappa shape index (κ3) is 1.90. The molecule has 0 radical (unpaired) electrons. The van der Waals surface area contributed by atoms with Gasteiger partial charge in [-0.1, -0.05) is 0 Å². The minimum Gasteiger partial charge on any atom is -0.297 e. The maximum atomic E-state index is 2.62. The molecule has 0 aromatic heterocycles. The Balaban J connectivity index is 1.71. The highest BCUT2D eigenvalue weighted by Crippen LogP contribution is 2.23. The van der Waals surface area contributed by atoms with E-state index in [1.54, 1.807) is 0 Å². The Bertz CT molecular complexity index is 242. The minimum absolute atomic E-state index is 0.783. The van der Waals surface area contributed by atoms with Crippen molar-refractivity contribution in [2.75, 3.05) is 60.5 Å². The van der Waals surface area contributed by atoms with Crippen LogP contribution in [0, 0.1) is 0 Å². The lowest BCUT2D eigenvalue weighted by Gasteiger charge is -2.35. The normalized spacial score (nSPS) is 41.4. The summed E-state index contributed by atoms with van der Waals surface area (Å²) in [6.07, 6.45) is 0. The van der Waals surface area contributed by atoms with Crippen LogP contribution >= 0.6 is 0 Å². The van der Waals surface area contributed by atoms with E-state index >= 15 is 0 Å². The highest BCUT2D eigenvalue weighted by molar-refractivity contribution is 4.91. The first-order valence-electron chi connectivity index (χ1n) is 5.76. The van der Waals surface area contributed by atoms with Gasteiger partial charge in [0.15, 0.2) is 0 Å². The summed E-state index contributed by atoms with van der Waals surface area (Å²) in [6, 6.07) is 0.783. The zero-order valence-corrected chi connectivity index (χ0v) is 9.76. The maximum absolute atomic E-state index is 2.62. The average molecular weight is 211 g/mol. The van der Waals surface area contributed by atoms with E-state index in [-0.39, 0.29) is 0 Å². The molecular formula is C10H21N5. The lowest BCUT2D eigenvalue weighted by atomic mass is 10.2. The predicted octanol–water partition coefficient (Wildman–Crippen LogP) is -1.05. The Kier molecular flexibility index (Phi) is 2.45. The van der Waals surface area contributed by atoms with Gasteiger partial charge in [-0.15, -0.1) is 0 Å². The number of hydrogen-bond donors (Lipinski definition) is 0. The third-order valence-corrected chi connectivity index (χ3v) is 3.50. The SMILES string of the molecule is CN(C)CN1CN2CC3CN(C2)CN3C1. The van der Waals surface area contributed by atoms with Crippen LogP contribution < -0.4 is 0 Å². The lowest BCUT2D eigenvalue weighted by molar-refractivity contribution is 0.0203. The van der Waals surface area contributed by atoms with Gasteiger partial charge in [-0.2, -0.15) is 0 Å². The van der Waals surface area contributed by atoms with Crippen LogP contribution in [0.15, 0.2) is 0 Å². The van der Waals surface area contributed by atoms with Crippen molar-refractivity contribution in [1.82, 2.24) is 24.5 Å². The van der Waals surface area contributed by atoms with Crippen molar-refractivity contribution in [3.05, 3.63) is 0 Å². The molecule has 3 unspecified atom stereocenters. The van der Waals surface area contributed by atoms with Gasteiger partial charge in [0.2, 0.25) is 0 Å². The Morgan fingerprint density at radius 1 is 1.00 bits per heavy atom. The summed E-state index contributed by atoms with van der Waals surface area (Å²) in [5.74, 6) is 0. The van der Waals surface area contributed by atoms with Gasteiger partial charge in [0.25, 0.3) is 0 Å². The van der Waals surface area contributed by atoms with Crippen LogP contribution in [0.25, 0.3) is 0 Å². The molecule has 0 spiro atoms. The van der Waals surface area contributed by atoms with E-state index in [2.05, 4.69) is 38.6 Å². The molecule has 0 aliphatic carbocycles. The van der Waals surface area contributed by atoms with Gasteiger partial charge in [-0.25, -0.2) is 0 Å². The highest BCUT2D eigenvalue weighted by atomic mass is 15.6. The van der Waals surface area contributed by atoms with Crippen molar-refractivity contribution >= 4 is 0 Å². The zero-order chi connectivity index (χ0) is 10.4. The molecule has 0 saturated carbocycles. The van der Waals surface area contributed by atoms with Crippen LogP contribution in [0.4, 0.5) is 0 Å². The fourth-order valence-corrected chi connectivity index (χ4v) is 3.09. The molecule has 3 atom stereocenters. The van der Waals surface area contributed by atoms with Gasteiger partial charge in [0.05, 0.1) is 33.3 Å². The summed E-state index contributed by atoms with van der Waals surface area (Å²) < 4.78 is 0. The Morgan fingerprint density at radius 3 is 2.47 bits per heavy atom. The van der Waals surface area contributed by atoms with Gasteiger partial charge in [0.1, 0.15) is 0 Å². The van der Waals surface area contributed by atoms with Crippen molar-refractivity contribution in [2.45, 2.75) is 6.04 Å². The minimum atomic E-state index is 0.783. The first-order chi connectivity index (χ1) is 7.20. The predicted molar refractivity (Wildman–Crippen MR) is 58.9 cm³/mol. The van der Waals surface area contributed by atoms with Crippen LogP contribution in [-0.2, 0) is 0 Å². The molecule has 0 aromatic rings. The van der Waals surface area contributed by atoms with Crippen molar-refractivity contribution in [3.63, 3.8) is 0 Å². The fraction of sp³-hybridized carbons (Fsp3) is 1.00. The smallest absolute Gasteiger partial charge is 0.0546 e. The van der Waals surface area contributed by atoms with E-state index in [0.717, 1.165) is 32.7 Å². The van der Waals surface area contributed by atoms with E-state index in [9.17, 15) is 0 Å². The number of hydrogen-bond acceptors (Lipinski definition) is 5. The van der Waals surface area contributed by atoms with Crippen LogP contribution in [0.5, 0.6) is 0 Å². The van der Waals surface area contributed by atoms with Gasteiger partial charge in [0, 0.05) is 19.1 Å². The summed E-state index contributed by atoms with van der Waals surface area (Å²) in [7, 11) is 4.30. The highest BCUT2D eigenvalue weighted by Gasteiger charge is 2.40. The van der Waals surface area contributed by atoms with Gasteiger partial charge in [-0.3, -0.25) is 24.5 Å². The van der Waals surface area contributed by atoms with Crippen LogP contribution in [0.1, 0.15) is 0 Å². The molecule has 3 bridgehead atoms. The molecule has 3 rings (SSSR count). The summed E-state index contributed by atoms with van der Waals surface area (Å²) in [4.78, 5) is 12.5. The van der Waals surface area contributed by atoms with Crippen molar-refractivity contribution < 1.29 is 0 Å². The molecule has 3 aliphatic heterocycles. The molecule has 3 saturated heterocycles. The van der Waals surface area contributed by atoms with E-state index in [4.69, 9.17) is 0 Å². The third-order valence-electron chi connectivity index (χ3n) is 3.50. The van der Waals surface area contributed by atoms with Crippen LogP contribution in [0.2, 0.25) is 0 Å². The summed E-state index contributed by atoms with van der Waals surface area (Å²) in [5, 5.41) is 0. The van der Waals surface area contributed by atoms with E-state index in [0.29, 0.717) is 0 Å². The second-order valence-electron chi connectivity index (χ2n) is 5.41. The van der Waals surface area contributed by atoms with Gasteiger partial charge >= 0.3 is 0 Å². The quantitative estimate of drug-likeness (QED) is 0.578. The molecule has 3 fully saturated rings. The number of nitrogens with zero attached hydrogens (tertiary/aromatic N) is 5. The molecule has 86 valence electrons. The van der Waals surface area contributed by atoms with E-state index < -0.39 is 0 Å². The summed E-state index contributed by atoms with van der Waals surface area (Å²) >= 11 is 0. The molecule has 0 aromatic carbocycles. The number of rotatable bonds is 2. The Morgan fingerprint density at radius 2 is 1.73 bits per heavy atom. The second kappa shape index (κ2) is 3.68. The summed E-state index contributed by atoms with van der Waals surface area (Å²) in [6.45, 7) is 8.21. The zero-order valence-electron chi connectivity index (χ0n) is 9.76. The molecule has 0 N–H and O–H groups in total. The summed E-state index contributed by atoms with van der Waals surface area (Å²) in [5.41, 5.74) is 0. The van der Waals surface area contributed by atoms with E-state index in [1.807, 2.05) is 0 Å². The molecule has 15 heavy (non-hydrogen) atoms. The van der Waals surface area contributed by atoms with Crippen molar-refractivity contribution in [3.8, 4) is 0 Å². The van der Waals surface area contributed by atoms with Crippen LogP contribution in [0.3, 0.4) is 0 Å². The second-order valence-corrected chi connectivity index (χ2v) is 5.41. The average Bonchev–Trinajstić information content (AvgIpc) is 2.33. The lowest BCUT2D eigenvalue weighted by Crippen LogP contribution is -2.50. The van der Waals surface area contributed by atoms with Crippen LogP contribution in [-0.4, -0.2) is 91.1 Å². The van der Waals surface area contributed by atoms with E-state index in [1.165, 1.54) is 19.8 Å². The fourth-order valence-electron chi connectivity index (χ4n) is 3.09. The first kappa shape index (κ1) is 9.99. The Hall–Kier alpha value is -0.200. The maximum Gasteiger partial charge on any atom is 0.0546 e. The van der Waals surface area contributed by atoms with Gasteiger partial charge in [-0.05, 0) is 14.1 Å². The molecular weight excluding hydrogens is 190 g/mol. The number of fused-ring (bicyclic) bond motifs is 2. The molecule has 0 amide bonds. The van der Waals surface area contributed by atoms with Gasteiger partial charge < -0.3 is 0 Å². The standard InChI is InChI=1S/C10H21N5/c1-11(2)5-14-7-12-3-10-4-13(6-12)8-15(10)9-14/h10H,3-9H2,1-2H3. The topological polar surface area (TPSA) is 16.2 Å². The molecule has 3 heterocycles. The first-order valence-corrected chi connectivity index (χ1v) is 5.76. The molecule has 3 aliphatic rings. The molecule has 5 nitrogen and oxygen atoms in total. The largest absolute Gasteiger partial charge is 0.297 e. The Labute approximate surface area is 91.8 Å². The monoisotopic (exact) mass is 211 g/mol.